The van der Waals surface area contributed by atoms with Crippen LogP contribution in [0.25, 0.3) is 52.5 Å². The zero-order valence-corrected chi connectivity index (χ0v) is 39.4. The van der Waals surface area contributed by atoms with E-state index in [4.69, 9.17) is 0 Å². The molecule has 2 aromatic carbocycles. The Kier molecular flexibility index (Phi) is 12.6. The molecule has 0 aliphatic carbocycles. The van der Waals surface area contributed by atoms with Gasteiger partial charge in [-0.3, -0.25) is 0 Å². The van der Waals surface area contributed by atoms with E-state index in [-0.39, 0.29) is 0 Å². The molecule has 6 aromatic rings. The van der Waals surface area contributed by atoms with Crippen molar-refractivity contribution in [2.75, 3.05) is 0 Å². The van der Waals surface area contributed by atoms with Crippen LogP contribution < -0.4 is 0 Å². The quantitative estimate of drug-likeness (QED) is 0.0954. The molecule has 0 fully saturated rings. The molecular formula is C48H56S4Si2. The molecule has 0 N–H and O–H groups in total. The molecule has 0 amide bonds. The van der Waals surface area contributed by atoms with E-state index in [0.717, 1.165) is 0 Å². The number of fused-ring (bicyclic) bond motifs is 1. The van der Waals surface area contributed by atoms with Crippen LogP contribution in [0.5, 0.6) is 0 Å². The van der Waals surface area contributed by atoms with Gasteiger partial charge in [0, 0.05) is 52.2 Å². The van der Waals surface area contributed by atoms with Crippen molar-refractivity contribution in [1.29, 1.82) is 0 Å². The highest BCUT2D eigenvalue weighted by molar-refractivity contribution is 7.31. The van der Waals surface area contributed by atoms with Gasteiger partial charge >= 0.3 is 0 Å². The first-order valence-electron chi connectivity index (χ1n) is 19.6. The Morgan fingerprint density at radius 2 is 0.704 bits per heavy atom. The Morgan fingerprint density at radius 3 is 1.00 bits per heavy atom. The molecule has 0 saturated carbocycles. The van der Waals surface area contributed by atoms with Crippen molar-refractivity contribution in [1.82, 2.24) is 0 Å². The van der Waals surface area contributed by atoms with Crippen molar-refractivity contribution in [2.24, 2.45) is 0 Å². The minimum absolute atomic E-state index is 0.630. The molecule has 280 valence electrons. The van der Waals surface area contributed by atoms with Gasteiger partial charge in [0.15, 0.2) is 0 Å². The third kappa shape index (κ3) is 7.73. The first-order chi connectivity index (χ1) is 25.7. The first-order valence-corrected chi connectivity index (χ1v) is 27.6. The third-order valence-corrected chi connectivity index (χ3v) is 28.5. The van der Waals surface area contributed by atoms with Crippen molar-refractivity contribution >= 4 is 70.9 Å². The van der Waals surface area contributed by atoms with Crippen LogP contribution in [0.1, 0.15) is 94.2 Å². The molecule has 6 heteroatoms. The van der Waals surface area contributed by atoms with Crippen LogP contribution in [0.2, 0.25) is 33.2 Å². The molecule has 0 radical (unpaired) electrons. The van der Waals surface area contributed by atoms with Crippen molar-refractivity contribution in [3.63, 3.8) is 0 Å². The molecule has 0 bridgehead atoms. The third-order valence-electron chi connectivity index (χ3n) is 12.1. The summed E-state index contributed by atoms with van der Waals surface area (Å²) >= 11 is 7.30. The number of rotatable bonds is 10. The van der Waals surface area contributed by atoms with E-state index < -0.39 is 16.1 Å². The second kappa shape index (κ2) is 16.6. The summed E-state index contributed by atoms with van der Waals surface area (Å²) in [5.41, 5.74) is 21.6. The molecule has 0 nitrogen and oxygen atoms in total. The molecule has 54 heavy (non-hydrogen) atoms. The SMILES string of the molecule is CC(C)[Si](C#Cc1cscc1-c1ccc(-c2cc3sc(-c4ccc(-c5cscc5C#C[Si](C(C)C)(C(C)C)C(C)C)cc4)cc3s2)cc1)(C(C)C)C(C)C. The fourth-order valence-electron chi connectivity index (χ4n) is 9.20. The van der Waals surface area contributed by atoms with Gasteiger partial charge in [-0.15, -0.1) is 33.8 Å². The summed E-state index contributed by atoms with van der Waals surface area (Å²) in [5, 5.41) is 9.01. The van der Waals surface area contributed by atoms with Crippen LogP contribution in [0, 0.1) is 22.9 Å². The van der Waals surface area contributed by atoms with Gasteiger partial charge in [-0.05, 0) is 78.4 Å². The normalized spacial score (nSPS) is 12.4. The van der Waals surface area contributed by atoms with Gasteiger partial charge in [0.1, 0.15) is 16.1 Å². The highest BCUT2D eigenvalue weighted by atomic mass is 32.1. The topological polar surface area (TPSA) is 0 Å². The molecule has 4 heterocycles. The van der Waals surface area contributed by atoms with E-state index in [1.165, 1.54) is 63.7 Å². The summed E-state index contributed by atoms with van der Waals surface area (Å²) < 4.78 is 2.70. The van der Waals surface area contributed by atoms with E-state index in [1.807, 2.05) is 22.7 Å². The average Bonchev–Trinajstić information content (AvgIpc) is 3.93. The smallest absolute Gasteiger partial charge is 0.146 e. The Balaban J connectivity index is 1.19. The molecular weight excluding hydrogens is 761 g/mol. The second-order valence-electron chi connectivity index (χ2n) is 16.8. The molecule has 0 saturated heterocycles. The molecule has 0 spiro atoms. The maximum absolute atomic E-state index is 3.93. The van der Waals surface area contributed by atoms with Crippen LogP contribution in [0.3, 0.4) is 0 Å². The zero-order chi connectivity index (χ0) is 38.9. The van der Waals surface area contributed by atoms with Crippen molar-refractivity contribution in [3.8, 4) is 66.1 Å². The van der Waals surface area contributed by atoms with Gasteiger partial charge in [0.2, 0.25) is 0 Å². The summed E-state index contributed by atoms with van der Waals surface area (Å²) in [4.78, 5) is 2.64. The molecule has 0 aliphatic heterocycles. The largest absolute Gasteiger partial charge is 0.150 e. The van der Waals surface area contributed by atoms with E-state index in [9.17, 15) is 0 Å². The van der Waals surface area contributed by atoms with Gasteiger partial charge in [-0.2, -0.15) is 22.7 Å². The van der Waals surface area contributed by atoms with Crippen LogP contribution in [-0.4, -0.2) is 16.1 Å². The lowest BCUT2D eigenvalue weighted by molar-refractivity contribution is 0.838. The van der Waals surface area contributed by atoms with Crippen LogP contribution in [-0.2, 0) is 0 Å². The zero-order valence-electron chi connectivity index (χ0n) is 34.2. The average molecular weight is 817 g/mol. The minimum Gasteiger partial charge on any atom is -0.150 e. The summed E-state index contributed by atoms with van der Waals surface area (Å²) in [7, 11) is -3.57. The number of hydrogen-bond acceptors (Lipinski definition) is 4. The Morgan fingerprint density at radius 1 is 0.407 bits per heavy atom. The molecule has 0 aliphatic rings. The summed E-state index contributed by atoms with van der Waals surface area (Å²) in [5.74, 6) is 7.42. The van der Waals surface area contributed by atoms with Gasteiger partial charge in [-0.25, -0.2) is 0 Å². The first kappa shape index (κ1) is 40.7. The van der Waals surface area contributed by atoms with Crippen molar-refractivity contribution < 1.29 is 0 Å². The number of hydrogen-bond donors (Lipinski definition) is 0. The fraction of sp³-hybridized carbons (Fsp3) is 0.375. The summed E-state index contributed by atoms with van der Waals surface area (Å²) in [6.07, 6.45) is 0. The van der Waals surface area contributed by atoms with Gasteiger partial charge in [-0.1, -0.05) is 143 Å². The van der Waals surface area contributed by atoms with Gasteiger partial charge < -0.3 is 0 Å². The Hall–Kier alpha value is -2.95. The fourth-order valence-corrected chi connectivity index (χ4v) is 23.6. The highest BCUT2D eigenvalue weighted by Gasteiger charge is 2.42. The van der Waals surface area contributed by atoms with Crippen LogP contribution in [0.15, 0.2) is 82.2 Å². The van der Waals surface area contributed by atoms with Crippen molar-refractivity contribution in [2.45, 2.75) is 116 Å². The molecule has 4 aromatic heterocycles. The lowest BCUT2D eigenvalue weighted by Crippen LogP contribution is -2.43. The van der Waals surface area contributed by atoms with E-state index >= 15 is 0 Å². The monoisotopic (exact) mass is 816 g/mol. The lowest BCUT2D eigenvalue weighted by atomic mass is 10.0. The minimum atomic E-state index is -1.79. The second-order valence-corrected chi connectivity index (χ2v) is 31.6. The predicted molar refractivity (Wildman–Crippen MR) is 253 cm³/mol. The number of benzene rings is 2. The Bertz CT molecular complexity index is 2080. The van der Waals surface area contributed by atoms with E-state index in [0.29, 0.717) is 33.2 Å². The van der Waals surface area contributed by atoms with Gasteiger partial charge in [0.05, 0.1) is 0 Å². The van der Waals surface area contributed by atoms with Crippen molar-refractivity contribution in [3.05, 3.63) is 93.3 Å². The van der Waals surface area contributed by atoms with Crippen LogP contribution in [0.4, 0.5) is 0 Å². The molecule has 6 rings (SSSR count). The number of thiophene rings is 4. The maximum Gasteiger partial charge on any atom is 0.146 e. The summed E-state index contributed by atoms with van der Waals surface area (Å²) in [6, 6.07) is 23.0. The van der Waals surface area contributed by atoms with Crippen LogP contribution >= 0.6 is 45.3 Å². The Labute approximate surface area is 344 Å². The van der Waals surface area contributed by atoms with Gasteiger partial charge in [0.25, 0.3) is 0 Å². The standard InChI is InChI=1S/C48H56S4Si2/c1-31(2)53(32(3)4,33(5)6)23-21-41-27-49-29-43(41)37-13-17-39(18-14-37)45-25-47-48(51-45)26-46(52-47)40-19-15-38(16-20-40)44-30-50-28-42(44)22-24-54(34(7)8,35(9)10)36(11)12/h13-20,25-36H,1-12H3. The predicted octanol–water partition coefficient (Wildman–Crippen LogP) is 16.9. The lowest BCUT2D eigenvalue weighted by Gasteiger charge is -2.38. The summed E-state index contributed by atoms with van der Waals surface area (Å²) in [6.45, 7) is 28.6. The molecule has 0 unspecified atom stereocenters. The van der Waals surface area contributed by atoms with E-state index in [2.05, 4.69) is 188 Å². The van der Waals surface area contributed by atoms with E-state index in [1.54, 1.807) is 22.7 Å². The highest BCUT2D eigenvalue weighted by Crippen LogP contribution is 2.44. The maximum atomic E-state index is 3.93. The molecule has 0 atom stereocenters.